The molecule has 0 amide bonds. The standard InChI is InChI=1S/C13H23BO2/c1-8(2)14-15-11-7-9-6-10(12(9,3)4)13(11,5)16-14/h8-11H,6-7H2,1-5H3/t9-,10-,11-,13+/m0/s1. The van der Waals surface area contributed by atoms with Gasteiger partial charge < -0.3 is 9.31 Å². The summed E-state index contributed by atoms with van der Waals surface area (Å²) in [6.45, 7) is 11.4. The molecule has 0 N–H and O–H groups in total. The Morgan fingerprint density at radius 1 is 1.19 bits per heavy atom. The Morgan fingerprint density at radius 2 is 1.88 bits per heavy atom. The summed E-state index contributed by atoms with van der Waals surface area (Å²) in [6, 6.07) is 0. The van der Waals surface area contributed by atoms with Crippen LogP contribution in [-0.2, 0) is 9.31 Å². The van der Waals surface area contributed by atoms with Crippen molar-refractivity contribution in [2.24, 2.45) is 17.3 Å². The topological polar surface area (TPSA) is 18.5 Å². The molecule has 4 atom stereocenters. The third kappa shape index (κ3) is 1.17. The van der Waals surface area contributed by atoms with Crippen molar-refractivity contribution < 1.29 is 9.31 Å². The van der Waals surface area contributed by atoms with Crippen LogP contribution in [-0.4, -0.2) is 18.8 Å². The molecule has 2 bridgehead atoms. The van der Waals surface area contributed by atoms with Gasteiger partial charge in [0.2, 0.25) is 0 Å². The predicted molar refractivity (Wildman–Crippen MR) is 65.2 cm³/mol. The minimum Gasteiger partial charge on any atom is -0.405 e. The Kier molecular flexibility index (Phi) is 2.12. The number of rotatable bonds is 1. The summed E-state index contributed by atoms with van der Waals surface area (Å²) in [5.74, 6) is 2.00. The summed E-state index contributed by atoms with van der Waals surface area (Å²) >= 11 is 0. The molecule has 90 valence electrons. The SMILES string of the molecule is CC(C)B1O[C@H]2C[C@@H]3C[C@@H](C3(C)C)[C@@]2(C)O1. The van der Waals surface area contributed by atoms with Crippen molar-refractivity contribution in [1.82, 2.24) is 0 Å². The third-order valence-electron chi connectivity index (χ3n) is 5.51. The largest absolute Gasteiger partial charge is 0.460 e. The van der Waals surface area contributed by atoms with Crippen molar-refractivity contribution in [3.8, 4) is 0 Å². The molecule has 16 heavy (non-hydrogen) atoms. The molecule has 1 saturated heterocycles. The molecule has 4 fully saturated rings. The van der Waals surface area contributed by atoms with Crippen LogP contribution in [0.2, 0.25) is 5.82 Å². The second-order valence-electron chi connectivity index (χ2n) is 7.08. The Hall–Kier alpha value is -0.0151. The Labute approximate surface area is 99.2 Å². The van der Waals surface area contributed by atoms with Gasteiger partial charge in [-0.1, -0.05) is 27.7 Å². The van der Waals surface area contributed by atoms with E-state index in [1.807, 2.05) is 0 Å². The third-order valence-corrected chi connectivity index (χ3v) is 5.51. The lowest BCUT2D eigenvalue weighted by atomic mass is 9.43. The van der Waals surface area contributed by atoms with Gasteiger partial charge in [0.15, 0.2) is 0 Å². The number of hydrogen-bond donors (Lipinski definition) is 0. The van der Waals surface area contributed by atoms with E-state index in [0.29, 0.717) is 23.3 Å². The quantitative estimate of drug-likeness (QED) is 0.634. The summed E-state index contributed by atoms with van der Waals surface area (Å²) < 4.78 is 12.4. The summed E-state index contributed by atoms with van der Waals surface area (Å²) in [5.41, 5.74) is 0.438. The van der Waals surface area contributed by atoms with Crippen molar-refractivity contribution in [2.75, 3.05) is 0 Å². The van der Waals surface area contributed by atoms with Crippen LogP contribution in [0.4, 0.5) is 0 Å². The van der Waals surface area contributed by atoms with Crippen molar-refractivity contribution in [2.45, 2.75) is 65.0 Å². The molecular formula is C13H23BO2. The summed E-state index contributed by atoms with van der Waals surface area (Å²) in [4.78, 5) is 0. The molecule has 4 aliphatic rings. The van der Waals surface area contributed by atoms with E-state index in [4.69, 9.17) is 9.31 Å². The maximum Gasteiger partial charge on any atom is 0.460 e. The predicted octanol–water partition coefficient (Wildman–Crippen LogP) is 3.12. The van der Waals surface area contributed by atoms with Gasteiger partial charge in [0.1, 0.15) is 0 Å². The van der Waals surface area contributed by atoms with E-state index in [1.165, 1.54) is 12.8 Å². The molecule has 2 nitrogen and oxygen atoms in total. The Balaban J connectivity index is 1.87. The van der Waals surface area contributed by atoms with Crippen LogP contribution >= 0.6 is 0 Å². The van der Waals surface area contributed by atoms with Crippen molar-refractivity contribution >= 4 is 7.12 Å². The van der Waals surface area contributed by atoms with Gasteiger partial charge in [0.25, 0.3) is 0 Å². The molecular weight excluding hydrogens is 199 g/mol. The van der Waals surface area contributed by atoms with E-state index < -0.39 is 0 Å². The molecule has 1 heterocycles. The summed E-state index contributed by atoms with van der Waals surface area (Å²) in [7, 11) is 0.0187. The van der Waals surface area contributed by atoms with E-state index in [1.54, 1.807) is 0 Å². The fourth-order valence-corrected chi connectivity index (χ4v) is 4.19. The average molecular weight is 222 g/mol. The molecule has 4 rings (SSSR count). The highest BCUT2D eigenvalue weighted by atomic mass is 16.7. The minimum atomic E-state index is -0.0206. The van der Waals surface area contributed by atoms with Crippen LogP contribution in [0.3, 0.4) is 0 Å². The van der Waals surface area contributed by atoms with Crippen LogP contribution in [0, 0.1) is 17.3 Å². The van der Waals surface area contributed by atoms with E-state index in [0.717, 1.165) is 5.92 Å². The minimum absolute atomic E-state index is 0.0187. The van der Waals surface area contributed by atoms with Gasteiger partial charge in [0, 0.05) is 0 Å². The van der Waals surface area contributed by atoms with Crippen molar-refractivity contribution in [3.63, 3.8) is 0 Å². The molecule has 0 aromatic heterocycles. The first-order valence-corrected chi connectivity index (χ1v) is 6.69. The number of hydrogen-bond acceptors (Lipinski definition) is 2. The van der Waals surface area contributed by atoms with Gasteiger partial charge in [-0.15, -0.1) is 0 Å². The van der Waals surface area contributed by atoms with Gasteiger partial charge in [-0.25, -0.2) is 0 Å². The van der Waals surface area contributed by atoms with E-state index >= 15 is 0 Å². The monoisotopic (exact) mass is 222 g/mol. The van der Waals surface area contributed by atoms with Crippen LogP contribution < -0.4 is 0 Å². The summed E-state index contributed by atoms with van der Waals surface area (Å²) in [5, 5.41) is 0. The van der Waals surface area contributed by atoms with Gasteiger partial charge in [-0.05, 0) is 42.8 Å². The maximum absolute atomic E-state index is 6.28. The zero-order valence-corrected chi connectivity index (χ0v) is 11.1. The maximum atomic E-state index is 6.28. The van der Waals surface area contributed by atoms with Crippen LogP contribution in [0.15, 0.2) is 0 Å². The molecule has 0 aromatic rings. The Bertz CT molecular complexity index is 315. The molecule has 0 spiro atoms. The molecule has 0 radical (unpaired) electrons. The van der Waals surface area contributed by atoms with Crippen molar-refractivity contribution in [3.05, 3.63) is 0 Å². The smallest absolute Gasteiger partial charge is 0.405 e. The lowest BCUT2D eigenvalue weighted by Crippen LogP contribution is -2.65. The second-order valence-corrected chi connectivity index (χ2v) is 7.08. The lowest BCUT2D eigenvalue weighted by Gasteiger charge is -2.64. The normalized spacial score (nSPS) is 49.1. The first-order chi connectivity index (χ1) is 7.35. The second kappa shape index (κ2) is 3.05. The fraction of sp³-hybridized carbons (Fsp3) is 1.00. The lowest BCUT2D eigenvalue weighted by molar-refractivity contribution is -0.199. The fourth-order valence-electron chi connectivity index (χ4n) is 4.19. The van der Waals surface area contributed by atoms with E-state index in [2.05, 4.69) is 34.6 Å². The van der Waals surface area contributed by atoms with E-state index in [-0.39, 0.29) is 12.7 Å². The van der Waals surface area contributed by atoms with Crippen molar-refractivity contribution in [1.29, 1.82) is 0 Å². The molecule has 1 aliphatic heterocycles. The molecule has 0 unspecified atom stereocenters. The first kappa shape index (κ1) is 11.1. The van der Waals surface area contributed by atoms with E-state index in [9.17, 15) is 0 Å². The molecule has 3 aliphatic carbocycles. The van der Waals surface area contributed by atoms with Gasteiger partial charge in [-0.2, -0.15) is 0 Å². The highest BCUT2D eigenvalue weighted by molar-refractivity contribution is 6.47. The molecule has 0 aromatic carbocycles. The van der Waals surface area contributed by atoms with Crippen LogP contribution in [0.5, 0.6) is 0 Å². The molecule has 3 saturated carbocycles. The van der Waals surface area contributed by atoms with Gasteiger partial charge in [0.05, 0.1) is 11.7 Å². The average Bonchev–Trinajstić information content (AvgIpc) is 2.54. The van der Waals surface area contributed by atoms with Crippen LogP contribution in [0.25, 0.3) is 0 Å². The Morgan fingerprint density at radius 3 is 2.44 bits per heavy atom. The van der Waals surface area contributed by atoms with Gasteiger partial charge >= 0.3 is 7.12 Å². The highest BCUT2D eigenvalue weighted by Gasteiger charge is 2.67. The van der Waals surface area contributed by atoms with Gasteiger partial charge in [-0.3, -0.25) is 0 Å². The molecule has 3 heteroatoms. The zero-order valence-electron chi connectivity index (χ0n) is 11.1. The zero-order chi connectivity index (χ0) is 11.7. The first-order valence-electron chi connectivity index (χ1n) is 6.69. The van der Waals surface area contributed by atoms with Crippen LogP contribution in [0.1, 0.15) is 47.5 Å². The highest BCUT2D eigenvalue weighted by Crippen LogP contribution is 2.65. The summed E-state index contributed by atoms with van der Waals surface area (Å²) in [6.07, 6.45) is 2.88.